The topological polar surface area (TPSA) is 67.3 Å². The molecule has 0 radical (unpaired) electrons. The average Bonchev–Trinajstić information content (AvgIpc) is 2.65. The van der Waals surface area contributed by atoms with Gasteiger partial charge in [-0.05, 0) is 23.9 Å². The molecule has 0 atom stereocenters. The lowest BCUT2D eigenvalue weighted by molar-refractivity contribution is 0.471. The summed E-state index contributed by atoms with van der Waals surface area (Å²) in [6.45, 7) is 2.01. The first-order valence-corrected chi connectivity index (χ1v) is 8.94. The van der Waals surface area contributed by atoms with Crippen LogP contribution in [0, 0.1) is 10.4 Å². The van der Waals surface area contributed by atoms with Gasteiger partial charge in [-0.15, -0.1) is 0 Å². The minimum absolute atomic E-state index is 0.0105. The highest BCUT2D eigenvalue weighted by atomic mass is 35.5. The van der Waals surface area contributed by atoms with Crippen LogP contribution in [-0.2, 0) is 0 Å². The van der Waals surface area contributed by atoms with E-state index < -0.39 is 5.56 Å². The summed E-state index contributed by atoms with van der Waals surface area (Å²) < 4.78 is 0. The number of hydrogen-bond acceptors (Lipinski definition) is 4. The number of aliphatic hydroxyl groups is 1. The van der Waals surface area contributed by atoms with Gasteiger partial charge in [-0.2, -0.15) is 0 Å². The maximum Gasteiger partial charge on any atom is 0.281 e. The standard InChI is InChI=1S/C21H16ClNO3/c1-2-3-8-15(24)18-16-11-6-4-5-7-12(11)20(25)13-9-10-14(22)19(17(13)16)23-21(18)26/h4-7,9-10,24H,2-3,8H2,1H3/b18-15+. The first-order valence-electron chi connectivity index (χ1n) is 8.57. The molecule has 2 aromatic rings. The zero-order valence-electron chi connectivity index (χ0n) is 14.2. The molecule has 0 spiro atoms. The van der Waals surface area contributed by atoms with E-state index in [1.807, 2.05) is 13.0 Å². The van der Waals surface area contributed by atoms with Crippen molar-refractivity contribution < 1.29 is 5.11 Å². The molecule has 0 unspecified atom stereocenters. The van der Waals surface area contributed by atoms with Crippen LogP contribution in [0.5, 0.6) is 0 Å². The molecule has 0 saturated heterocycles. The van der Waals surface area contributed by atoms with Gasteiger partial charge < -0.3 is 5.11 Å². The monoisotopic (exact) mass is 365 g/mol. The van der Waals surface area contributed by atoms with E-state index in [1.54, 1.807) is 30.3 Å². The molecule has 2 aromatic carbocycles. The molecule has 2 aliphatic rings. The third-order valence-electron chi connectivity index (χ3n) is 4.80. The Balaban J connectivity index is 2.48. The highest BCUT2D eigenvalue weighted by Gasteiger charge is 2.16. The summed E-state index contributed by atoms with van der Waals surface area (Å²) in [7, 11) is 0. The summed E-state index contributed by atoms with van der Waals surface area (Å²) >= 11 is 6.26. The Bertz CT molecular complexity index is 1380. The van der Waals surface area contributed by atoms with Crippen molar-refractivity contribution in [3.05, 3.63) is 77.7 Å². The van der Waals surface area contributed by atoms with Gasteiger partial charge in [0, 0.05) is 27.6 Å². The minimum atomic E-state index is -0.524. The second-order valence-electron chi connectivity index (χ2n) is 6.41. The molecule has 26 heavy (non-hydrogen) atoms. The molecule has 1 aliphatic heterocycles. The van der Waals surface area contributed by atoms with E-state index >= 15 is 0 Å². The molecule has 0 aromatic heterocycles. The Morgan fingerprint density at radius 2 is 1.77 bits per heavy atom. The van der Waals surface area contributed by atoms with Gasteiger partial charge >= 0.3 is 0 Å². The number of hydrogen-bond donors (Lipinski definition) is 1. The molecule has 0 saturated carbocycles. The van der Waals surface area contributed by atoms with E-state index in [0.717, 1.165) is 12.8 Å². The summed E-state index contributed by atoms with van der Waals surface area (Å²) in [4.78, 5) is 29.8. The summed E-state index contributed by atoms with van der Waals surface area (Å²) in [5, 5.41) is 13.8. The smallest absolute Gasteiger partial charge is 0.281 e. The van der Waals surface area contributed by atoms with Crippen LogP contribution in [-0.4, -0.2) is 10.1 Å². The van der Waals surface area contributed by atoms with Crippen molar-refractivity contribution >= 4 is 39.0 Å². The van der Waals surface area contributed by atoms with Crippen LogP contribution >= 0.6 is 11.6 Å². The van der Waals surface area contributed by atoms with E-state index in [9.17, 15) is 14.7 Å². The molecular weight excluding hydrogens is 350 g/mol. The minimum Gasteiger partial charge on any atom is -0.511 e. The van der Waals surface area contributed by atoms with Crippen LogP contribution in [0.15, 0.2) is 46.0 Å². The maximum absolute atomic E-state index is 12.9. The number of nitrogens with zero attached hydrogens (tertiary/aromatic N) is 1. The number of fused-ring (bicyclic) bond motifs is 2. The molecular formula is C21H16ClNO3. The number of halogens is 1. The third-order valence-corrected chi connectivity index (χ3v) is 5.10. The summed E-state index contributed by atoms with van der Waals surface area (Å²) in [6.07, 6.45) is 2.03. The fourth-order valence-corrected chi connectivity index (χ4v) is 3.76. The summed E-state index contributed by atoms with van der Waals surface area (Å²) in [5.41, 5.74) is -0.349. The first-order chi connectivity index (χ1) is 12.5. The van der Waals surface area contributed by atoms with E-state index in [0.29, 0.717) is 43.6 Å². The predicted molar refractivity (Wildman–Crippen MR) is 104 cm³/mol. The highest BCUT2D eigenvalue weighted by molar-refractivity contribution is 6.34. The van der Waals surface area contributed by atoms with Gasteiger partial charge in [0.25, 0.3) is 5.56 Å². The lowest BCUT2D eigenvalue weighted by Gasteiger charge is -2.08. The fraction of sp³-hybridized carbons (Fsp3) is 0.190. The number of aromatic nitrogens is 1. The van der Waals surface area contributed by atoms with Crippen LogP contribution in [0.3, 0.4) is 0 Å². The lowest BCUT2D eigenvalue weighted by Crippen LogP contribution is -2.32. The van der Waals surface area contributed by atoms with Gasteiger partial charge in [0.05, 0.1) is 15.8 Å². The van der Waals surface area contributed by atoms with Gasteiger partial charge in [-0.3, -0.25) is 9.59 Å². The van der Waals surface area contributed by atoms with Crippen LogP contribution in [0.4, 0.5) is 0 Å². The molecule has 0 bridgehead atoms. The van der Waals surface area contributed by atoms with Crippen LogP contribution in [0.2, 0.25) is 5.02 Å². The molecule has 4 rings (SSSR count). The molecule has 1 aliphatic carbocycles. The van der Waals surface area contributed by atoms with Crippen molar-refractivity contribution in [3.63, 3.8) is 0 Å². The zero-order valence-corrected chi connectivity index (χ0v) is 14.9. The van der Waals surface area contributed by atoms with Gasteiger partial charge in [-0.1, -0.05) is 49.2 Å². The quantitative estimate of drug-likeness (QED) is 0.603. The summed E-state index contributed by atoms with van der Waals surface area (Å²) in [5.74, 6) is 0.0105. The Kier molecular flexibility index (Phi) is 4.00. The average molecular weight is 366 g/mol. The number of aliphatic hydroxyl groups excluding tert-OH is 1. The van der Waals surface area contributed by atoms with Gasteiger partial charge in [-0.25, -0.2) is 4.98 Å². The Morgan fingerprint density at radius 3 is 2.50 bits per heavy atom. The van der Waals surface area contributed by atoms with Crippen molar-refractivity contribution in [2.24, 2.45) is 0 Å². The first kappa shape index (κ1) is 16.7. The van der Waals surface area contributed by atoms with Gasteiger partial charge in [0.1, 0.15) is 5.76 Å². The molecule has 5 heteroatoms. The predicted octanol–water partition coefficient (Wildman–Crippen LogP) is 3.50. The second kappa shape index (κ2) is 6.22. The molecule has 1 heterocycles. The second-order valence-corrected chi connectivity index (χ2v) is 6.82. The largest absolute Gasteiger partial charge is 0.511 e. The summed E-state index contributed by atoms with van der Waals surface area (Å²) in [6, 6.07) is 10.4. The molecule has 1 N–H and O–H groups in total. The molecule has 4 nitrogen and oxygen atoms in total. The SMILES string of the molecule is CCCC/C(O)=c1\c(=O)nc2c(Cl)ccc3c2=c1c1ccccc1c3=O. The molecule has 0 fully saturated rings. The third kappa shape index (κ3) is 2.33. The van der Waals surface area contributed by atoms with Crippen LogP contribution < -0.4 is 16.2 Å². The number of rotatable bonds is 3. The number of benzene rings is 2. The zero-order chi connectivity index (χ0) is 18.4. The van der Waals surface area contributed by atoms with Crippen molar-refractivity contribution in [3.8, 4) is 0 Å². The van der Waals surface area contributed by atoms with Crippen molar-refractivity contribution in [1.29, 1.82) is 0 Å². The fourth-order valence-electron chi connectivity index (χ4n) is 3.56. The van der Waals surface area contributed by atoms with Crippen LogP contribution in [0.1, 0.15) is 26.2 Å². The van der Waals surface area contributed by atoms with Crippen LogP contribution in [0.25, 0.3) is 27.4 Å². The molecule has 130 valence electrons. The van der Waals surface area contributed by atoms with Gasteiger partial charge in [0.15, 0.2) is 5.43 Å². The van der Waals surface area contributed by atoms with Gasteiger partial charge in [0.2, 0.25) is 0 Å². The Morgan fingerprint density at radius 1 is 1.04 bits per heavy atom. The van der Waals surface area contributed by atoms with E-state index in [2.05, 4.69) is 4.98 Å². The van der Waals surface area contributed by atoms with Crippen molar-refractivity contribution in [2.45, 2.75) is 26.2 Å². The Hall–Kier alpha value is -2.72. The molecule has 0 amide bonds. The van der Waals surface area contributed by atoms with Crippen molar-refractivity contribution in [1.82, 2.24) is 4.98 Å². The van der Waals surface area contributed by atoms with E-state index in [4.69, 9.17) is 11.6 Å². The lowest BCUT2D eigenvalue weighted by atomic mass is 9.98. The normalized spacial score (nSPS) is 13.0. The number of unbranched alkanes of at least 4 members (excludes halogenated alkanes) is 1. The highest BCUT2D eigenvalue weighted by Crippen LogP contribution is 2.23. The van der Waals surface area contributed by atoms with E-state index in [-0.39, 0.29) is 16.4 Å². The Labute approximate surface area is 153 Å². The maximum atomic E-state index is 12.9. The van der Waals surface area contributed by atoms with Crippen molar-refractivity contribution in [2.75, 3.05) is 0 Å². The van der Waals surface area contributed by atoms with E-state index in [1.165, 1.54) is 0 Å².